The largest absolute Gasteiger partial charge is 0.354 e. The minimum atomic E-state index is -3.63. The Kier molecular flexibility index (Phi) is 11.0. The van der Waals surface area contributed by atoms with Gasteiger partial charge in [-0.05, 0) is 61.7 Å². The maximum Gasteiger partial charge on any atom is 0.242 e. The molecule has 1 atom stereocenters. The van der Waals surface area contributed by atoms with E-state index in [1.54, 1.807) is 31.2 Å². The predicted octanol–water partition coefficient (Wildman–Crippen LogP) is 4.36. The molecule has 2 aromatic rings. The summed E-state index contributed by atoms with van der Waals surface area (Å²) in [6.07, 6.45) is 3.10. The van der Waals surface area contributed by atoms with E-state index in [4.69, 9.17) is 11.6 Å². The highest BCUT2D eigenvalue weighted by Crippen LogP contribution is 2.20. The van der Waals surface area contributed by atoms with E-state index in [1.807, 2.05) is 6.92 Å². The number of nitrogens with one attached hydrogen (secondary N) is 1. The van der Waals surface area contributed by atoms with Gasteiger partial charge < -0.3 is 10.2 Å². The van der Waals surface area contributed by atoms with Crippen molar-refractivity contribution in [1.29, 1.82) is 0 Å². The molecule has 0 heterocycles. The van der Waals surface area contributed by atoms with Gasteiger partial charge in [0.15, 0.2) is 0 Å². The smallest absolute Gasteiger partial charge is 0.242 e. The second-order valence-corrected chi connectivity index (χ2v) is 10.7. The Balaban J connectivity index is 2.12. The molecule has 0 spiro atoms. The van der Waals surface area contributed by atoms with Crippen molar-refractivity contribution in [1.82, 2.24) is 10.2 Å². The summed E-state index contributed by atoms with van der Waals surface area (Å²) < 4.78 is 39.0. The quantitative estimate of drug-likeness (QED) is 0.394. The minimum absolute atomic E-state index is 0.0351. The van der Waals surface area contributed by atoms with Crippen molar-refractivity contribution in [3.8, 4) is 0 Å². The fourth-order valence-electron chi connectivity index (χ4n) is 3.52. The normalized spacial score (nSPS) is 12.1. The van der Waals surface area contributed by atoms with E-state index in [-0.39, 0.29) is 37.7 Å². The van der Waals surface area contributed by atoms with Crippen molar-refractivity contribution in [3.63, 3.8) is 0 Å². The molecule has 0 unspecified atom stereocenters. The van der Waals surface area contributed by atoms with Gasteiger partial charge in [-0.3, -0.25) is 13.9 Å². The summed E-state index contributed by atoms with van der Waals surface area (Å²) in [6, 6.07) is 11.5. The first-order valence-electron chi connectivity index (χ1n) is 11.6. The number of carbonyl (C=O) groups is 2. The van der Waals surface area contributed by atoms with E-state index >= 15 is 0 Å². The second-order valence-electron chi connectivity index (χ2n) is 8.38. The van der Waals surface area contributed by atoms with E-state index < -0.39 is 21.9 Å². The van der Waals surface area contributed by atoms with Gasteiger partial charge in [0.05, 0.1) is 11.9 Å². The first-order valence-corrected chi connectivity index (χ1v) is 13.8. The number of amides is 2. The molecule has 2 aromatic carbocycles. The maximum absolute atomic E-state index is 13.3. The topological polar surface area (TPSA) is 86.8 Å². The van der Waals surface area contributed by atoms with E-state index in [0.717, 1.165) is 29.0 Å². The molecular weight excluding hydrogens is 493 g/mol. The van der Waals surface area contributed by atoms with E-state index in [9.17, 15) is 22.4 Å². The van der Waals surface area contributed by atoms with Crippen LogP contribution < -0.4 is 9.62 Å². The molecule has 0 radical (unpaired) electrons. The molecule has 0 saturated heterocycles. The minimum Gasteiger partial charge on any atom is -0.354 e. The SMILES string of the molecule is CCCCNC(=O)[C@H](C)N(Cc1ccc(Cl)cc1)C(=O)CCCN(c1ccc(F)cc1)S(C)(=O)=O. The fraction of sp³-hybridized carbons (Fsp3) is 0.440. The monoisotopic (exact) mass is 525 g/mol. The summed E-state index contributed by atoms with van der Waals surface area (Å²) >= 11 is 5.97. The molecule has 0 fully saturated rings. The predicted molar refractivity (Wildman–Crippen MR) is 137 cm³/mol. The van der Waals surface area contributed by atoms with Gasteiger partial charge in [0.25, 0.3) is 0 Å². The highest BCUT2D eigenvalue weighted by molar-refractivity contribution is 7.92. The van der Waals surface area contributed by atoms with Gasteiger partial charge in [0.1, 0.15) is 11.9 Å². The van der Waals surface area contributed by atoms with Gasteiger partial charge in [-0.15, -0.1) is 0 Å². The average molecular weight is 526 g/mol. The van der Waals surface area contributed by atoms with E-state index in [0.29, 0.717) is 17.3 Å². The van der Waals surface area contributed by atoms with Crippen molar-refractivity contribution >= 4 is 39.1 Å². The van der Waals surface area contributed by atoms with Gasteiger partial charge >= 0.3 is 0 Å². The van der Waals surface area contributed by atoms with Gasteiger partial charge in [0.2, 0.25) is 21.8 Å². The van der Waals surface area contributed by atoms with Crippen LogP contribution in [0.1, 0.15) is 45.1 Å². The lowest BCUT2D eigenvalue weighted by molar-refractivity contribution is -0.140. The number of anilines is 1. The number of hydrogen-bond acceptors (Lipinski definition) is 4. The Morgan fingerprint density at radius 1 is 1.06 bits per heavy atom. The molecule has 2 rings (SSSR count). The molecule has 0 aliphatic heterocycles. The van der Waals surface area contributed by atoms with Crippen molar-refractivity contribution in [2.75, 3.05) is 23.7 Å². The average Bonchev–Trinajstić information content (AvgIpc) is 2.81. The van der Waals surface area contributed by atoms with Gasteiger partial charge in [-0.2, -0.15) is 0 Å². The standard InChI is InChI=1S/C25H33ClFN3O4S/c1-4-5-16-28-25(32)19(2)29(18-20-8-10-21(26)11-9-20)24(31)7-6-17-30(35(3,33)34)23-14-12-22(27)13-15-23/h8-15,19H,4-7,16-18H2,1-3H3,(H,28,32)/t19-/m0/s1. The van der Waals surface area contributed by atoms with Crippen LogP contribution in [0.5, 0.6) is 0 Å². The number of carbonyl (C=O) groups excluding carboxylic acids is 2. The van der Waals surface area contributed by atoms with Crippen molar-refractivity contribution in [3.05, 3.63) is 64.9 Å². The fourth-order valence-corrected chi connectivity index (χ4v) is 4.61. The Morgan fingerprint density at radius 2 is 1.69 bits per heavy atom. The molecule has 7 nitrogen and oxygen atoms in total. The summed E-state index contributed by atoms with van der Waals surface area (Å²) in [4.78, 5) is 27.4. The summed E-state index contributed by atoms with van der Waals surface area (Å²) in [5, 5.41) is 3.43. The van der Waals surface area contributed by atoms with Crippen LogP contribution in [0, 0.1) is 5.82 Å². The third kappa shape index (κ3) is 9.14. The molecule has 0 aromatic heterocycles. The zero-order chi connectivity index (χ0) is 26.0. The van der Waals surface area contributed by atoms with Crippen molar-refractivity contribution < 1.29 is 22.4 Å². The molecule has 0 saturated carbocycles. The van der Waals surface area contributed by atoms with Gasteiger partial charge in [0, 0.05) is 31.1 Å². The van der Waals surface area contributed by atoms with Crippen LogP contribution >= 0.6 is 11.6 Å². The molecule has 10 heteroatoms. The zero-order valence-electron chi connectivity index (χ0n) is 20.3. The summed E-state index contributed by atoms with van der Waals surface area (Å²) in [7, 11) is -3.63. The number of sulfonamides is 1. The zero-order valence-corrected chi connectivity index (χ0v) is 21.9. The van der Waals surface area contributed by atoms with Gasteiger partial charge in [-0.25, -0.2) is 12.8 Å². The number of unbranched alkanes of at least 4 members (excludes halogenated alkanes) is 1. The van der Waals surface area contributed by atoms with Crippen LogP contribution in [0.3, 0.4) is 0 Å². The number of rotatable bonds is 13. The highest BCUT2D eigenvalue weighted by atomic mass is 35.5. The first-order chi connectivity index (χ1) is 16.5. The molecule has 35 heavy (non-hydrogen) atoms. The van der Waals surface area contributed by atoms with Crippen LogP contribution in [0.4, 0.5) is 10.1 Å². The summed E-state index contributed by atoms with van der Waals surface area (Å²) in [6.45, 7) is 4.49. The lowest BCUT2D eigenvalue weighted by Gasteiger charge is -2.29. The van der Waals surface area contributed by atoms with E-state index in [1.165, 1.54) is 29.2 Å². The third-order valence-corrected chi connectivity index (χ3v) is 6.98. The number of nitrogens with zero attached hydrogens (tertiary/aromatic N) is 2. The molecule has 192 valence electrons. The Labute approximate surface area is 212 Å². The van der Waals surface area contributed by atoms with Gasteiger partial charge in [-0.1, -0.05) is 37.1 Å². The van der Waals surface area contributed by atoms with E-state index in [2.05, 4.69) is 5.32 Å². The van der Waals surface area contributed by atoms with Crippen molar-refractivity contribution in [2.45, 2.75) is 52.1 Å². The Morgan fingerprint density at radius 3 is 2.26 bits per heavy atom. The summed E-state index contributed by atoms with van der Waals surface area (Å²) in [5.74, 6) is -0.989. The lowest BCUT2D eigenvalue weighted by Crippen LogP contribution is -2.47. The molecule has 0 aliphatic rings. The van der Waals surface area contributed by atoms with Crippen LogP contribution in [0.25, 0.3) is 0 Å². The molecule has 0 aliphatic carbocycles. The van der Waals surface area contributed by atoms with Crippen LogP contribution in [0.15, 0.2) is 48.5 Å². The van der Waals surface area contributed by atoms with Crippen LogP contribution in [-0.4, -0.2) is 50.5 Å². The van der Waals surface area contributed by atoms with Crippen LogP contribution in [-0.2, 0) is 26.2 Å². The maximum atomic E-state index is 13.3. The molecule has 0 bridgehead atoms. The summed E-state index contributed by atoms with van der Waals surface area (Å²) in [5.41, 5.74) is 1.14. The van der Waals surface area contributed by atoms with Crippen molar-refractivity contribution in [2.24, 2.45) is 0 Å². The second kappa shape index (κ2) is 13.4. The first kappa shape index (κ1) is 28.6. The Bertz CT molecular complexity index is 1080. The highest BCUT2D eigenvalue weighted by Gasteiger charge is 2.26. The molecule has 1 N–H and O–H groups in total. The molecule has 2 amide bonds. The van der Waals surface area contributed by atoms with Crippen LogP contribution in [0.2, 0.25) is 5.02 Å². The third-order valence-electron chi connectivity index (χ3n) is 5.53. The number of hydrogen-bond donors (Lipinski definition) is 1. The molecular formula is C25H33ClFN3O4S. The lowest BCUT2D eigenvalue weighted by atomic mass is 10.1. The number of benzene rings is 2. The number of halogens is 2. The Hall–Kier alpha value is -2.65.